The van der Waals surface area contributed by atoms with E-state index in [0.29, 0.717) is 15.9 Å². The molecule has 0 aliphatic rings. The molecule has 1 aromatic carbocycles. The minimum absolute atomic E-state index is 0.288. The third-order valence-electron chi connectivity index (χ3n) is 3.45. The molecule has 0 bridgehead atoms. The lowest BCUT2D eigenvalue weighted by atomic mass is 10.0. The van der Waals surface area contributed by atoms with Gasteiger partial charge in [-0.1, -0.05) is 30.0 Å². The van der Waals surface area contributed by atoms with Crippen LogP contribution in [0.5, 0.6) is 0 Å². The Labute approximate surface area is 148 Å². The molecule has 3 aromatic rings. The van der Waals surface area contributed by atoms with Gasteiger partial charge in [0.05, 0.1) is 12.3 Å². The van der Waals surface area contributed by atoms with Crippen molar-refractivity contribution in [2.75, 3.05) is 6.26 Å². The number of hydrogen-bond donors (Lipinski definition) is 0. The van der Waals surface area contributed by atoms with Crippen molar-refractivity contribution in [3.8, 4) is 11.8 Å². The zero-order chi connectivity index (χ0) is 17.1. The first-order valence-corrected chi connectivity index (χ1v) is 9.29. The maximum absolute atomic E-state index is 13.0. The Kier molecular flexibility index (Phi) is 4.79. The minimum Gasteiger partial charge on any atom is -0.290 e. The molecule has 0 radical (unpaired) electrons. The highest BCUT2D eigenvalue weighted by Crippen LogP contribution is 2.28. The molecule has 1 unspecified atom stereocenters. The summed E-state index contributed by atoms with van der Waals surface area (Å²) in [6.45, 7) is 1.85. The van der Waals surface area contributed by atoms with Crippen molar-refractivity contribution >= 4 is 28.9 Å². The van der Waals surface area contributed by atoms with Crippen LogP contribution in [-0.4, -0.2) is 26.6 Å². The van der Waals surface area contributed by atoms with Gasteiger partial charge >= 0.3 is 0 Å². The highest BCUT2D eigenvalue weighted by Gasteiger charge is 2.28. The van der Waals surface area contributed by atoms with Crippen molar-refractivity contribution < 1.29 is 4.79 Å². The lowest BCUT2D eigenvalue weighted by molar-refractivity contribution is 0.0971. The first-order valence-electron chi connectivity index (χ1n) is 7.18. The van der Waals surface area contributed by atoms with Gasteiger partial charge < -0.3 is 0 Å². The second kappa shape index (κ2) is 6.99. The van der Waals surface area contributed by atoms with E-state index in [1.807, 2.05) is 48.9 Å². The summed E-state index contributed by atoms with van der Waals surface area (Å²) in [6, 6.07) is 11.6. The van der Waals surface area contributed by atoms with E-state index in [2.05, 4.69) is 16.0 Å². The van der Waals surface area contributed by atoms with Gasteiger partial charge in [-0.3, -0.25) is 9.36 Å². The van der Waals surface area contributed by atoms with Gasteiger partial charge in [0.2, 0.25) is 5.78 Å². The fourth-order valence-corrected chi connectivity index (χ4v) is 3.74. The van der Waals surface area contributed by atoms with Crippen LogP contribution in [0.25, 0.3) is 5.69 Å². The molecule has 0 fully saturated rings. The van der Waals surface area contributed by atoms with Gasteiger partial charge in [0.1, 0.15) is 10.7 Å². The number of benzene rings is 1. The molecule has 0 N–H and O–H groups in total. The average molecular weight is 354 g/mol. The summed E-state index contributed by atoms with van der Waals surface area (Å²) in [5, 5.41) is 12.6. The van der Waals surface area contributed by atoms with Gasteiger partial charge in [-0.2, -0.15) is 5.26 Å². The SMILES string of the molecule is CSc1ncc(C(=O)C(C#N)c2nc(C)cs2)n1-c1ccccc1. The van der Waals surface area contributed by atoms with Gasteiger partial charge in [0.15, 0.2) is 11.1 Å². The molecular formula is C17H14N4OS2. The van der Waals surface area contributed by atoms with Crippen molar-refractivity contribution in [2.24, 2.45) is 0 Å². The van der Waals surface area contributed by atoms with Crippen molar-refractivity contribution in [3.05, 3.63) is 58.3 Å². The number of aryl methyl sites for hydroxylation is 1. The van der Waals surface area contributed by atoms with Crippen LogP contribution < -0.4 is 0 Å². The molecule has 7 heteroatoms. The van der Waals surface area contributed by atoms with Crippen LogP contribution in [0, 0.1) is 18.3 Å². The molecule has 0 aliphatic heterocycles. The number of Topliss-reactive ketones (excluding diaryl/α,β-unsaturated/α-hetero) is 1. The van der Waals surface area contributed by atoms with E-state index in [4.69, 9.17) is 0 Å². The first-order chi connectivity index (χ1) is 11.7. The Bertz CT molecular complexity index is 908. The molecule has 1 atom stereocenters. The van der Waals surface area contributed by atoms with Crippen molar-refractivity contribution in [1.29, 1.82) is 5.26 Å². The third-order valence-corrected chi connectivity index (χ3v) is 5.13. The number of thiazole rings is 1. The van der Waals surface area contributed by atoms with E-state index in [-0.39, 0.29) is 5.78 Å². The summed E-state index contributed by atoms with van der Waals surface area (Å²) in [4.78, 5) is 21.6. The Balaban J connectivity index is 2.08. The Morgan fingerprint density at radius 1 is 1.38 bits per heavy atom. The summed E-state index contributed by atoms with van der Waals surface area (Å²) in [6.07, 6.45) is 3.44. The lowest BCUT2D eigenvalue weighted by Crippen LogP contribution is -2.15. The summed E-state index contributed by atoms with van der Waals surface area (Å²) in [5.74, 6) is -1.21. The molecule has 2 aromatic heterocycles. The number of ketones is 1. The number of carbonyl (C=O) groups excluding carboxylic acids is 1. The van der Waals surface area contributed by atoms with Crippen LogP contribution >= 0.6 is 23.1 Å². The van der Waals surface area contributed by atoms with E-state index < -0.39 is 5.92 Å². The van der Waals surface area contributed by atoms with Crippen molar-refractivity contribution in [1.82, 2.24) is 14.5 Å². The van der Waals surface area contributed by atoms with Gasteiger partial charge in [-0.25, -0.2) is 9.97 Å². The van der Waals surface area contributed by atoms with Crippen LogP contribution in [0.4, 0.5) is 0 Å². The van der Waals surface area contributed by atoms with Crippen LogP contribution in [-0.2, 0) is 0 Å². The van der Waals surface area contributed by atoms with E-state index in [1.165, 1.54) is 29.3 Å². The van der Waals surface area contributed by atoms with Crippen molar-refractivity contribution in [3.63, 3.8) is 0 Å². The number of nitriles is 1. The van der Waals surface area contributed by atoms with Crippen LogP contribution in [0.3, 0.4) is 0 Å². The Morgan fingerprint density at radius 2 is 2.12 bits per heavy atom. The largest absolute Gasteiger partial charge is 0.290 e. The topological polar surface area (TPSA) is 71.6 Å². The Hall–Kier alpha value is -2.43. The van der Waals surface area contributed by atoms with Gasteiger partial charge in [-0.15, -0.1) is 11.3 Å². The van der Waals surface area contributed by atoms with Crippen LogP contribution in [0.15, 0.2) is 47.1 Å². The molecule has 24 heavy (non-hydrogen) atoms. The summed E-state index contributed by atoms with van der Waals surface area (Å²) in [7, 11) is 0. The number of carbonyl (C=O) groups is 1. The third kappa shape index (κ3) is 2.98. The molecule has 0 saturated carbocycles. The maximum Gasteiger partial charge on any atom is 0.205 e. The van der Waals surface area contributed by atoms with Crippen LogP contribution in [0.2, 0.25) is 0 Å². The van der Waals surface area contributed by atoms with E-state index in [9.17, 15) is 10.1 Å². The molecule has 3 rings (SSSR count). The second-order valence-electron chi connectivity index (χ2n) is 5.05. The predicted molar refractivity (Wildman–Crippen MR) is 94.9 cm³/mol. The summed E-state index contributed by atoms with van der Waals surface area (Å²) >= 11 is 2.78. The number of para-hydroxylation sites is 1. The fourth-order valence-electron chi connectivity index (χ4n) is 2.36. The van der Waals surface area contributed by atoms with Gasteiger partial charge in [-0.05, 0) is 25.3 Å². The highest BCUT2D eigenvalue weighted by molar-refractivity contribution is 7.98. The van der Waals surface area contributed by atoms with E-state index in [1.54, 1.807) is 4.57 Å². The maximum atomic E-state index is 13.0. The lowest BCUT2D eigenvalue weighted by Gasteiger charge is -2.11. The number of hydrogen-bond acceptors (Lipinski definition) is 6. The summed E-state index contributed by atoms with van der Waals surface area (Å²) in [5.41, 5.74) is 2.05. The zero-order valence-electron chi connectivity index (χ0n) is 13.1. The molecule has 0 saturated heterocycles. The molecular weight excluding hydrogens is 340 g/mol. The van der Waals surface area contributed by atoms with Gasteiger partial charge in [0, 0.05) is 16.8 Å². The molecule has 2 heterocycles. The molecule has 5 nitrogen and oxygen atoms in total. The molecule has 0 spiro atoms. The van der Waals surface area contributed by atoms with Crippen molar-refractivity contribution in [2.45, 2.75) is 18.0 Å². The quantitative estimate of drug-likeness (QED) is 0.514. The summed E-state index contributed by atoms with van der Waals surface area (Å²) < 4.78 is 1.79. The highest BCUT2D eigenvalue weighted by atomic mass is 32.2. The van der Waals surface area contributed by atoms with Gasteiger partial charge in [0.25, 0.3) is 0 Å². The van der Waals surface area contributed by atoms with Crippen LogP contribution in [0.1, 0.15) is 27.1 Å². The monoisotopic (exact) mass is 354 g/mol. The molecule has 0 amide bonds. The molecule has 120 valence electrons. The standard InChI is InChI=1S/C17H14N4OS2/c1-11-10-24-16(20-11)13(8-18)15(22)14-9-19-17(23-2)21(14)12-6-4-3-5-7-12/h3-7,9-10,13H,1-2H3. The number of imidazole rings is 1. The first kappa shape index (κ1) is 16.4. The van der Waals surface area contributed by atoms with E-state index >= 15 is 0 Å². The number of aromatic nitrogens is 3. The average Bonchev–Trinajstić information content (AvgIpc) is 3.22. The predicted octanol–water partition coefficient (Wildman–Crippen LogP) is 3.85. The number of thioether (sulfide) groups is 1. The Morgan fingerprint density at radius 3 is 2.71 bits per heavy atom. The fraction of sp³-hybridized carbons (Fsp3) is 0.176. The minimum atomic E-state index is -0.919. The number of nitrogens with zero attached hydrogens (tertiary/aromatic N) is 4. The normalized spacial score (nSPS) is 11.9. The number of rotatable bonds is 5. The molecule has 0 aliphatic carbocycles. The zero-order valence-corrected chi connectivity index (χ0v) is 14.8. The smallest absolute Gasteiger partial charge is 0.205 e. The second-order valence-corrected chi connectivity index (χ2v) is 6.72. The van der Waals surface area contributed by atoms with E-state index in [0.717, 1.165) is 11.4 Å².